The lowest BCUT2D eigenvalue weighted by Crippen LogP contribution is -2.28. The molecular weight excluding hydrogens is 389 g/mol. The normalized spacial score (nSPS) is 17.2. The van der Waals surface area contributed by atoms with Gasteiger partial charge in [0.2, 0.25) is 5.43 Å². The second-order valence-electron chi connectivity index (χ2n) is 8.01. The van der Waals surface area contributed by atoms with Crippen molar-refractivity contribution in [2.75, 3.05) is 18.0 Å². The molecule has 1 saturated heterocycles. The predicted molar refractivity (Wildman–Crippen MR) is 111 cm³/mol. The number of carboxylic acids is 1. The van der Waals surface area contributed by atoms with Gasteiger partial charge < -0.3 is 25.0 Å². The Balaban J connectivity index is 1.94. The van der Waals surface area contributed by atoms with E-state index in [1.165, 1.54) is 6.20 Å². The van der Waals surface area contributed by atoms with Gasteiger partial charge in [0.05, 0.1) is 11.1 Å². The zero-order valence-corrected chi connectivity index (χ0v) is 16.5. The Kier molecular flexibility index (Phi) is 3.91. The summed E-state index contributed by atoms with van der Waals surface area (Å²) in [5.74, 6) is -1.28. The van der Waals surface area contributed by atoms with Gasteiger partial charge in [0.25, 0.3) is 0 Å². The standard InChI is InChI=1S/C22H20FN3O4/c1-10-5-11(2)20-16(6-10)26-9-14(22(28)29)19(27)13-7-15(23)18(21(30-20)17(13)26)25-4-3-12(24)8-25/h5-7,9,12H,3-4,8,24H2,1-2H3,(H,28,29). The quantitative estimate of drug-likeness (QED) is 0.528. The summed E-state index contributed by atoms with van der Waals surface area (Å²) in [6, 6.07) is 4.83. The van der Waals surface area contributed by atoms with Crippen molar-refractivity contribution in [1.82, 2.24) is 4.57 Å². The van der Waals surface area contributed by atoms with Crippen LogP contribution in [0.25, 0.3) is 16.6 Å². The van der Waals surface area contributed by atoms with Gasteiger partial charge in [-0.3, -0.25) is 4.79 Å². The fourth-order valence-corrected chi connectivity index (χ4v) is 4.49. The topological polar surface area (TPSA) is 97.8 Å². The molecule has 3 N–H and O–H groups in total. The summed E-state index contributed by atoms with van der Waals surface area (Å²) in [7, 11) is 0. The molecule has 1 fully saturated rings. The first kappa shape index (κ1) is 18.6. The van der Waals surface area contributed by atoms with Crippen LogP contribution < -0.4 is 20.8 Å². The number of ether oxygens (including phenoxy) is 1. The van der Waals surface area contributed by atoms with Gasteiger partial charge in [-0.25, -0.2) is 9.18 Å². The number of nitrogens with zero attached hydrogens (tertiary/aromatic N) is 2. The van der Waals surface area contributed by atoms with Crippen LogP contribution in [0.3, 0.4) is 0 Å². The molecule has 1 aromatic heterocycles. The molecule has 30 heavy (non-hydrogen) atoms. The lowest BCUT2D eigenvalue weighted by molar-refractivity contribution is 0.0695. The third-order valence-electron chi connectivity index (χ3n) is 5.81. The van der Waals surface area contributed by atoms with Gasteiger partial charge in [0.15, 0.2) is 17.3 Å². The summed E-state index contributed by atoms with van der Waals surface area (Å²) >= 11 is 0. The highest BCUT2D eigenvalue weighted by molar-refractivity contribution is 5.99. The lowest BCUT2D eigenvalue weighted by atomic mass is 10.0. The van der Waals surface area contributed by atoms with E-state index >= 15 is 4.39 Å². The second kappa shape index (κ2) is 6.30. The van der Waals surface area contributed by atoms with E-state index in [9.17, 15) is 14.7 Å². The average Bonchev–Trinajstić information content (AvgIpc) is 3.09. The molecule has 3 heterocycles. The first-order valence-electron chi connectivity index (χ1n) is 9.71. The molecule has 1 atom stereocenters. The van der Waals surface area contributed by atoms with E-state index in [0.717, 1.165) is 23.6 Å². The minimum absolute atomic E-state index is 0.0283. The van der Waals surface area contributed by atoms with Gasteiger partial charge in [-0.2, -0.15) is 0 Å². The molecule has 0 saturated carbocycles. The van der Waals surface area contributed by atoms with Crippen LogP contribution in [0, 0.1) is 19.7 Å². The summed E-state index contributed by atoms with van der Waals surface area (Å²) in [6.07, 6.45) is 2.02. The maximum Gasteiger partial charge on any atom is 0.341 e. The molecule has 0 bridgehead atoms. The third kappa shape index (κ3) is 2.53. The molecule has 0 radical (unpaired) electrons. The molecule has 154 valence electrons. The fraction of sp³-hybridized carbons (Fsp3) is 0.273. The Hall–Kier alpha value is -3.39. The van der Waals surface area contributed by atoms with E-state index in [1.54, 1.807) is 4.57 Å². The number of carboxylic acid groups (broad SMARTS) is 1. The molecule has 3 aromatic rings. The van der Waals surface area contributed by atoms with Crippen molar-refractivity contribution < 1.29 is 19.0 Å². The van der Waals surface area contributed by atoms with Gasteiger partial charge in [-0.15, -0.1) is 0 Å². The monoisotopic (exact) mass is 409 g/mol. The first-order chi connectivity index (χ1) is 14.3. The number of rotatable bonds is 2. The van der Waals surface area contributed by atoms with Crippen LogP contribution in [0.15, 0.2) is 29.2 Å². The van der Waals surface area contributed by atoms with E-state index in [2.05, 4.69) is 0 Å². The van der Waals surface area contributed by atoms with E-state index < -0.39 is 22.8 Å². The molecule has 2 aliphatic rings. The van der Waals surface area contributed by atoms with E-state index in [-0.39, 0.29) is 22.9 Å². The highest BCUT2D eigenvalue weighted by Crippen LogP contribution is 2.48. The number of aromatic nitrogens is 1. The van der Waals surface area contributed by atoms with Crippen LogP contribution in [-0.2, 0) is 0 Å². The molecule has 2 aliphatic heterocycles. The summed E-state index contributed by atoms with van der Waals surface area (Å²) in [5, 5.41) is 9.53. The molecule has 2 aromatic carbocycles. The second-order valence-corrected chi connectivity index (χ2v) is 8.01. The number of nitrogens with two attached hydrogens (primary N) is 1. The highest BCUT2D eigenvalue weighted by atomic mass is 19.1. The van der Waals surface area contributed by atoms with E-state index in [0.29, 0.717) is 30.0 Å². The van der Waals surface area contributed by atoms with Crippen molar-refractivity contribution in [2.45, 2.75) is 26.3 Å². The first-order valence-corrected chi connectivity index (χ1v) is 9.71. The molecule has 0 spiro atoms. The van der Waals surface area contributed by atoms with Crippen LogP contribution in [0.5, 0.6) is 11.5 Å². The molecule has 5 rings (SSSR count). The largest absolute Gasteiger partial charge is 0.477 e. The highest BCUT2D eigenvalue weighted by Gasteiger charge is 2.33. The van der Waals surface area contributed by atoms with E-state index in [1.807, 2.05) is 30.9 Å². The average molecular weight is 409 g/mol. The molecule has 7 nitrogen and oxygen atoms in total. The minimum Gasteiger partial charge on any atom is -0.477 e. The number of benzene rings is 2. The number of halogens is 1. The van der Waals surface area contributed by atoms with Crippen molar-refractivity contribution in [2.24, 2.45) is 5.73 Å². The van der Waals surface area contributed by atoms with Gasteiger partial charge in [-0.05, 0) is 43.5 Å². The van der Waals surface area contributed by atoms with Gasteiger partial charge in [0.1, 0.15) is 16.8 Å². The SMILES string of the molecule is Cc1cc(C)c2c(c1)-n1cc(C(=O)O)c(=O)c3cc(F)c(N4CCC(N)C4)c(c31)O2. The minimum atomic E-state index is -1.36. The Bertz CT molecular complexity index is 1310. The summed E-state index contributed by atoms with van der Waals surface area (Å²) < 4.78 is 23.2. The Labute approximate surface area is 171 Å². The third-order valence-corrected chi connectivity index (χ3v) is 5.81. The Morgan fingerprint density at radius 1 is 1.27 bits per heavy atom. The number of anilines is 1. The van der Waals surface area contributed by atoms with Gasteiger partial charge >= 0.3 is 5.97 Å². The molecule has 0 aliphatic carbocycles. The maximum atomic E-state index is 15.3. The maximum absolute atomic E-state index is 15.3. The van der Waals surface area contributed by atoms with Gasteiger partial charge in [-0.1, -0.05) is 6.07 Å². The molecule has 1 unspecified atom stereocenters. The summed E-state index contributed by atoms with van der Waals surface area (Å²) in [6.45, 7) is 4.83. The van der Waals surface area contributed by atoms with Crippen LogP contribution in [0.1, 0.15) is 27.9 Å². The number of aromatic carboxylic acids is 1. The number of hydrogen-bond donors (Lipinski definition) is 2. The zero-order chi connectivity index (χ0) is 21.3. The smallest absolute Gasteiger partial charge is 0.341 e. The van der Waals surface area contributed by atoms with Crippen molar-refractivity contribution in [1.29, 1.82) is 0 Å². The van der Waals surface area contributed by atoms with Crippen LogP contribution in [0.4, 0.5) is 10.1 Å². The number of carbonyl (C=O) groups is 1. The summed E-state index contributed by atoms with van der Waals surface area (Å²) in [4.78, 5) is 26.4. The number of pyridine rings is 1. The Morgan fingerprint density at radius 3 is 2.70 bits per heavy atom. The van der Waals surface area contributed by atoms with Crippen molar-refractivity contribution >= 4 is 22.6 Å². The van der Waals surface area contributed by atoms with Gasteiger partial charge in [0, 0.05) is 25.3 Å². The van der Waals surface area contributed by atoms with Crippen molar-refractivity contribution in [3.63, 3.8) is 0 Å². The Morgan fingerprint density at radius 2 is 2.03 bits per heavy atom. The predicted octanol–water partition coefficient (Wildman–Crippen LogP) is 3.09. The van der Waals surface area contributed by atoms with Crippen molar-refractivity contribution in [3.8, 4) is 17.2 Å². The van der Waals surface area contributed by atoms with Crippen LogP contribution in [-0.4, -0.2) is 34.8 Å². The van der Waals surface area contributed by atoms with E-state index in [4.69, 9.17) is 10.5 Å². The fourth-order valence-electron chi connectivity index (χ4n) is 4.49. The van der Waals surface area contributed by atoms with Crippen LogP contribution >= 0.6 is 0 Å². The molecule has 0 amide bonds. The number of hydrogen-bond acceptors (Lipinski definition) is 5. The zero-order valence-electron chi connectivity index (χ0n) is 16.5. The lowest BCUT2D eigenvalue weighted by Gasteiger charge is -2.30. The van der Waals surface area contributed by atoms with Crippen LogP contribution in [0.2, 0.25) is 0 Å². The molecular formula is C22H20FN3O4. The number of fused-ring (bicyclic) bond motifs is 2. The van der Waals surface area contributed by atoms with Crippen molar-refractivity contribution in [3.05, 3.63) is 57.1 Å². The summed E-state index contributed by atoms with van der Waals surface area (Å²) in [5.41, 5.74) is 7.87. The number of aryl methyl sites for hydroxylation is 2. The molecule has 8 heteroatoms.